The Bertz CT molecular complexity index is 648. The fourth-order valence-electron chi connectivity index (χ4n) is 1.89. The highest BCUT2D eigenvalue weighted by atomic mass is 16.5. The number of phenols is 1. The van der Waals surface area contributed by atoms with Crippen molar-refractivity contribution in [1.82, 2.24) is 0 Å². The highest BCUT2D eigenvalue weighted by Crippen LogP contribution is 2.23. The van der Waals surface area contributed by atoms with Crippen LogP contribution in [0.3, 0.4) is 0 Å². The van der Waals surface area contributed by atoms with Crippen LogP contribution in [-0.4, -0.2) is 17.9 Å². The van der Waals surface area contributed by atoms with Crippen molar-refractivity contribution in [2.75, 3.05) is 6.61 Å². The lowest BCUT2D eigenvalue weighted by molar-refractivity contribution is 0.315. The number of nitrogens with zero attached hydrogens (tertiary/aromatic N) is 1. The molecule has 0 aliphatic rings. The molecule has 0 atom stereocenters. The van der Waals surface area contributed by atoms with Crippen LogP contribution in [0.1, 0.15) is 30.0 Å². The minimum absolute atomic E-state index is 0.177. The van der Waals surface area contributed by atoms with E-state index in [1.165, 1.54) is 11.1 Å². The van der Waals surface area contributed by atoms with Gasteiger partial charge in [-0.25, -0.2) is 0 Å². The second kappa shape index (κ2) is 6.93. The summed E-state index contributed by atoms with van der Waals surface area (Å²) in [6, 6.07) is 11.3. The van der Waals surface area contributed by atoms with Gasteiger partial charge in [0.1, 0.15) is 11.5 Å². The first kappa shape index (κ1) is 15.1. The molecule has 0 saturated heterocycles. The molecule has 2 aromatic carbocycles. The largest absolute Gasteiger partial charge is 0.507 e. The van der Waals surface area contributed by atoms with Crippen molar-refractivity contribution < 1.29 is 9.84 Å². The Morgan fingerprint density at radius 3 is 2.57 bits per heavy atom. The van der Waals surface area contributed by atoms with Gasteiger partial charge in [0.15, 0.2) is 0 Å². The first-order chi connectivity index (χ1) is 10.1. The van der Waals surface area contributed by atoms with Gasteiger partial charge < -0.3 is 9.84 Å². The maximum Gasteiger partial charge on any atom is 0.128 e. The average molecular weight is 283 g/mol. The molecule has 2 rings (SSSR count). The van der Waals surface area contributed by atoms with Gasteiger partial charge in [0, 0.05) is 17.8 Å². The fraction of sp³-hybridized carbons (Fsp3) is 0.278. The normalized spacial score (nSPS) is 11.0. The lowest BCUT2D eigenvalue weighted by atomic mass is 10.1. The number of aryl methyl sites for hydroxylation is 2. The third kappa shape index (κ3) is 4.09. The second-order valence-corrected chi connectivity index (χ2v) is 5.10. The quantitative estimate of drug-likeness (QED) is 0.818. The Morgan fingerprint density at radius 2 is 1.90 bits per heavy atom. The van der Waals surface area contributed by atoms with Gasteiger partial charge in [0.05, 0.1) is 12.3 Å². The van der Waals surface area contributed by atoms with E-state index in [1.807, 2.05) is 37.3 Å². The SMILES string of the molecule is CCCOc1ccc(C=Nc2ccc(C)c(C)c2)c(O)c1. The summed E-state index contributed by atoms with van der Waals surface area (Å²) in [7, 11) is 0. The summed E-state index contributed by atoms with van der Waals surface area (Å²) in [4.78, 5) is 4.41. The summed E-state index contributed by atoms with van der Waals surface area (Å²) >= 11 is 0. The Morgan fingerprint density at radius 1 is 1.10 bits per heavy atom. The summed E-state index contributed by atoms with van der Waals surface area (Å²) in [6.45, 7) is 6.83. The van der Waals surface area contributed by atoms with E-state index in [0.29, 0.717) is 17.9 Å². The van der Waals surface area contributed by atoms with E-state index in [0.717, 1.165) is 12.1 Å². The molecule has 0 aliphatic heterocycles. The maximum absolute atomic E-state index is 10.00. The van der Waals surface area contributed by atoms with Crippen molar-refractivity contribution in [2.45, 2.75) is 27.2 Å². The summed E-state index contributed by atoms with van der Waals surface area (Å²) in [5.41, 5.74) is 4.01. The molecule has 1 N–H and O–H groups in total. The van der Waals surface area contributed by atoms with Crippen LogP contribution >= 0.6 is 0 Å². The summed E-state index contributed by atoms with van der Waals surface area (Å²) in [5.74, 6) is 0.855. The first-order valence-corrected chi connectivity index (χ1v) is 7.17. The Kier molecular flexibility index (Phi) is 4.99. The molecule has 0 aliphatic carbocycles. The molecule has 2 aromatic rings. The topological polar surface area (TPSA) is 41.8 Å². The van der Waals surface area contributed by atoms with Crippen LogP contribution < -0.4 is 4.74 Å². The fourth-order valence-corrected chi connectivity index (χ4v) is 1.89. The average Bonchev–Trinajstić information content (AvgIpc) is 2.47. The number of ether oxygens (including phenoxy) is 1. The van der Waals surface area contributed by atoms with Crippen molar-refractivity contribution >= 4 is 11.9 Å². The van der Waals surface area contributed by atoms with E-state index in [1.54, 1.807) is 12.3 Å². The van der Waals surface area contributed by atoms with Gasteiger partial charge in [-0.2, -0.15) is 0 Å². The van der Waals surface area contributed by atoms with Gasteiger partial charge in [-0.1, -0.05) is 13.0 Å². The van der Waals surface area contributed by atoms with Gasteiger partial charge in [0.25, 0.3) is 0 Å². The van der Waals surface area contributed by atoms with E-state index in [4.69, 9.17) is 4.74 Å². The molecule has 0 radical (unpaired) electrons. The molecule has 0 fully saturated rings. The molecule has 21 heavy (non-hydrogen) atoms. The zero-order valence-electron chi connectivity index (χ0n) is 12.8. The number of hydrogen-bond donors (Lipinski definition) is 1. The van der Waals surface area contributed by atoms with Crippen LogP contribution in [0.15, 0.2) is 41.4 Å². The third-order valence-electron chi connectivity index (χ3n) is 3.32. The van der Waals surface area contributed by atoms with Crippen molar-refractivity contribution in [3.05, 3.63) is 53.1 Å². The van der Waals surface area contributed by atoms with Crippen LogP contribution in [0.4, 0.5) is 5.69 Å². The van der Waals surface area contributed by atoms with E-state index in [9.17, 15) is 5.11 Å². The number of aromatic hydroxyl groups is 1. The highest BCUT2D eigenvalue weighted by Gasteiger charge is 2.01. The summed E-state index contributed by atoms with van der Waals surface area (Å²) in [6.07, 6.45) is 2.61. The van der Waals surface area contributed by atoms with Crippen LogP contribution in [-0.2, 0) is 0 Å². The van der Waals surface area contributed by atoms with Crippen molar-refractivity contribution in [3.63, 3.8) is 0 Å². The number of hydrogen-bond acceptors (Lipinski definition) is 3. The molecule has 0 aromatic heterocycles. The Balaban J connectivity index is 2.15. The first-order valence-electron chi connectivity index (χ1n) is 7.17. The van der Waals surface area contributed by atoms with Crippen molar-refractivity contribution in [3.8, 4) is 11.5 Å². The number of rotatable bonds is 5. The number of phenolic OH excluding ortho intramolecular Hbond substituents is 1. The smallest absolute Gasteiger partial charge is 0.128 e. The minimum Gasteiger partial charge on any atom is -0.507 e. The van der Waals surface area contributed by atoms with Gasteiger partial charge in [0.2, 0.25) is 0 Å². The molecule has 0 amide bonds. The molecular formula is C18H21NO2. The Labute approximate surface area is 125 Å². The molecule has 110 valence electrons. The van der Waals surface area contributed by atoms with Crippen LogP contribution in [0, 0.1) is 13.8 Å². The van der Waals surface area contributed by atoms with Crippen LogP contribution in [0.5, 0.6) is 11.5 Å². The van der Waals surface area contributed by atoms with Crippen LogP contribution in [0.25, 0.3) is 0 Å². The molecule has 0 unspecified atom stereocenters. The molecular weight excluding hydrogens is 262 g/mol. The third-order valence-corrected chi connectivity index (χ3v) is 3.32. The van der Waals surface area contributed by atoms with Gasteiger partial charge in [-0.05, 0) is 55.7 Å². The zero-order chi connectivity index (χ0) is 15.2. The summed E-state index contributed by atoms with van der Waals surface area (Å²) in [5, 5.41) is 10.00. The molecule has 0 heterocycles. The zero-order valence-corrected chi connectivity index (χ0v) is 12.8. The molecule has 0 spiro atoms. The van der Waals surface area contributed by atoms with Crippen molar-refractivity contribution in [1.29, 1.82) is 0 Å². The minimum atomic E-state index is 0.177. The highest BCUT2D eigenvalue weighted by molar-refractivity contribution is 5.85. The predicted molar refractivity (Wildman–Crippen MR) is 87.1 cm³/mol. The van der Waals surface area contributed by atoms with E-state index in [2.05, 4.69) is 18.8 Å². The van der Waals surface area contributed by atoms with Gasteiger partial charge in [-0.3, -0.25) is 4.99 Å². The van der Waals surface area contributed by atoms with Gasteiger partial charge >= 0.3 is 0 Å². The summed E-state index contributed by atoms with van der Waals surface area (Å²) < 4.78 is 5.48. The molecule has 0 saturated carbocycles. The van der Waals surface area contributed by atoms with E-state index < -0.39 is 0 Å². The lowest BCUT2D eigenvalue weighted by Gasteiger charge is -2.06. The maximum atomic E-state index is 10.00. The van der Waals surface area contributed by atoms with Crippen LogP contribution in [0.2, 0.25) is 0 Å². The monoisotopic (exact) mass is 283 g/mol. The molecule has 3 heteroatoms. The lowest BCUT2D eigenvalue weighted by Crippen LogP contribution is -1.95. The second-order valence-electron chi connectivity index (χ2n) is 5.10. The predicted octanol–water partition coefficient (Wildman–Crippen LogP) is 4.55. The molecule has 3 nitrogen and oxygen atoms in total. The molecule has 0 bridgehead atoms. The van der Waals surface area contributed by atoms with E-state index >= 15 is 0 Å². The Hall–Kier alpha value is -2.29. The number of benzene rings is 2. The number of aliphatic imine (C=N–C) groups is 1. The standard InChI is InChI=1S/C18H21NO2/c1-4-9-21-17-8-6-15(18(20)11-17)12-19-16-7-5-13(2)14(3)10-16/h5-8,10-12,20H,4,9H2,1-3H3. The van der Waals surface area contributed by atoms with E-state index in [-0.39, 0.29) is 5.75 Å². The van der Waals surface area contributed by atoms with Gasteiger partial charge in [-0.15, -0.1) is 0 Å². The van der Waals surface area contributed by atoms with Crippen molar-refractivity contribution in [2.24, 2.45) is 4.99 Å².